The van der Waals surface area contributed by atoms with E-state index in [9.17, 15) is 0 Å². The fourth-order valence-corrected chi connectivity index (χ4v) is 2.08. The molecule has 12 heavy (non-hydrogen) atoms. The Balaban J connectivity index is 2.60. The van der Waals surface area contributed by atoms with Gasteiger partial charge < -0.3 is 5.73 Å². The number of rotatable bonds is 3. The zero-order chi connectivity index (χ0) is 9.19. The number of hydrogen-bond donors (Lipinski definition) is 1. The van der Waals surface area contributed by atoms with Gasteiger partial charge in [-0.25, -0.2) is 0 Å². The van der Waals surface area contributed by atoms with E-state index in [0.717, 1.165) is 6.54 Å². The standard InChI is InChI=1S/C10H22N2/c1-4-10(2,3)12-7-5-6-9(12)8-11/h9H,4-8,11H2,1-3H3. The van der Waals surface area contributed by atoms with Crippen LogP contribution in [0.25, 0.3) is 0 Å². The molecule has 0 aromatic heterocycles. The lowest BCUT2D eigenvalue weighted by Gasteiger charge is -2.38. The predicted octanol–water partition coefficient (Wildman–Crippen LogP) is 1.60. The van der Waals surface area contributed by atoms with Gasteiger partial charge in [0.2, 0.25) is 0 Å². The van der Waals surface area contributed by atoms with E-state index in [-0.39, 0.29) is 0 Å². The summed E-state index contributed by atoms with van der Waals surface area (Å²) in [5.41, 5.74) is 6.08. The fraction of sp³-hybridized carbons (Fsp3) is 1.00. The molecule has 1 saturated heterocycles. The Morgan fingerprint density at radius 3 is 2.67 bits per heavy atom. The summed E-state index contributed by atoms with van der Waals surface area (Å²) in [4.78, 5) is 2.58. The highest BCUT2D eigenvalue weighted by Crippen LogP contribution is 2.28. The lowest BCUT2D eigenvalue weighted by atomic mass is 9.98. The van der Waals surface area contributed by atoms with Gasteiger partial charge in [0, 0.05) is 18.1 Å². The van der Waals surface area contributed by atoms with Crippen LogP contribution in [0.4, 0.5) is 0 Å². The Morgan fingerprint density at radius 2 is 2.17 bits per heavy atom. The Hall–Kier alpha value is -0.0800. The molecule has 2 nitrogen and oxygen atoms in total. The monoisotopic (exact) mass is 170 g/mol. The van der Waals surface area contributed by atoms with Crippen molar-refractivity contribution >= 4 is 0 Å². The molecular formula is C10H22N2. The lowest BCUT2D eigenvalue weighted by Crippen LogP contribution is -2.48. The SMILES string of the molecule is CCC(C)(C)N1CCCC1CN. The zero-order valence-corrected chi connectivity index (χ0v) is 8.64. The first-order chi connectivity index (χ1) is 5.61. The molecule has 1 aliphatic rings. The molecule has 72 valence electrons. The highest BCUT2D eigenvalue weighted by Gasteiger charge is 2.33. The van der Waals surface area contributed by atoms with Gasteiger partial charge >= 0.3 is 0 Å². The Labute approximate surface area is 76.1 Å². The van der Waals surface area contributed by atoms with Crippen molar-refractivity contribution in [2.24, 2.45) is 5.73 Å². The number of nitrogens with zero attached hydrogens (tertiary/aromatic N) is 1. The predicted molar refractivity (Wildman–Crippen MR) is 53.2 cm³/mol. The summed E-state index contributed by atoms with van der Waals surface area (Å²) in [6, 6.07) is 0.639. The van der Waals surface area contributed by atoms with Crippen molar-refractivity contribution < 1.29 is 0 Å². The van der Waals surface area contributed by atoms with E-state index in [1.165, 1.54) is 25.8 Å². The highest BCUT2D eigenvalue weighted by atomic mass is 15.2. The minimum atomic E-state index is 0.348. The lowest BCUT2D eigenvalue weighted by molar-refractivity contribution is 0.105. The average Bonchev–Trinajstić information content (AvgIpc) is 2.52. The molecule has 0 aliphatic carbocycles. The summed E-state index contributed by atoms with van der Waals surface area (Å²) in [5.74, 6) is 0. The average molecular weight is 170 g/mol. The van der Waals surface area contributed by atoms with E-state index in [0.29, 0.717) is 11.6 Å². The zero-order valence-electron chi connectivity index (χ0n) is 8.64. The number of hydrogen-bond acceptors (Lipinski definition) is 2. The maximum Gasteiger partial charge on any atom is 0.0224 e. The first-order valence-electron chi connectivity index (χ1n) is 5.08. The Bertz CT molecular complexity index is 143. The van der Waals surface area contributed by atoms with Gasteiger partial charge in [0.15, 0.2) is 0 Å². The minimum absolute atomic E-state index is 0.348. The van der Waals surface area contributed by atoms with Gasteiger partial charge in [-0.3, -0.25) is 4.90 Å². The van der Waals surface area contributed by atoms with Crippen LogP contribution in [-0.2, 0) is 0 Å². The first kappa shape index (κ1) is 10.0. The summed E-state index contributed by atoms with van der Waals surface area (Å²) < 4.78 is 0. The quantitative estimate of drug-likeness (QED) is 0.697. The molecule has 0 radical (unpaired) electrons. The Morgan fingerprint density at radius 1 is 1.50 bits per heavy atom. The van der Waals surface area contributed by atoms with Crippen molar-refractivity contribution in [2.75, 3.05) is 13.1 Å². The second-order valence-electron chi connectivity index (χ2n) is 4.39. The van der Waals surface area contributed by atoms with Crippen LogP contribution in [0.2, 0.25) is 0 Å². The van der Waals surface area contributed by atoms with E-state index in [1.807, 2.05) is 0 Å². The van der Waals surface area contributed by atoms with Crippen LogP contribution in [0.1, 0.15) is 40.0 Å². The van der Waals surface area contributed by atoms with Gasteiger partial charge in [-0.2, -0.15) is 0 Å². The summed E-state index contributed by atoms with van der Waals surface area (Å²) in [7, 11) is 0. The first-order valence-corrected chi connectivity index (χ1v) is 5.08. The van der Waals surface area contributed by atoms with Crippen molar-refractivity contribution in [3.05, 3.63) is 0 Å². The largest absolute Gasteiger partial charge is 0.329 e. The highest BCUT2D eigenvalue weighted by molar-refractivity contribution is 4.90. The van der Waals surface area contributed by atoms with Crippen molar-refractivity contribution in [1.82, 2.24) is 4.90 Å². The molecule has 1 unspecified atom stereocenters. The van der Waals surface area contributed by atoms with Gasteiger partial charge in [0.25, 0.3) is 0 Å². The van der Waals surface area contributed by atoms with Crippen molar-refractivity contribution in [3.8, 4) is 0 Å². The molecular weight excluding hydrogens is 148 g/mol. The van der Waals surface area contributed by atoms with Crippen LogP contribution in [0.3, 0.4) is 0 Å². The van der Waals surface area contributed by atoms with Crippen LogP contribution in [0.15, 0.2) is 0 Å². The summed E-state index contributed by atoms with van der Waals surface area (Å²) >= 11 is 0. The molecule has 1 fully saturated rings. The van der Waals surface area contributed by atoms with Crippen molar-refractivity contribution in [1.29, 1.82) is 0 Å². The maximum absolute atomic E-state index is 5.73. The van der Waals surface area contributed by atoms with E-state index in [4.69, 9.17) is 5.73 Å². The molecule has 1 heterocycles. The van der Waals surface area contributed by atoms with Gasteiger partial charge in [-0.15, -0.1) is 0 Å². The number of likely N-dealkylation sites (tertiary alicyclic amines) is 1. The van der Waals surface area contributed by atoms with Crippen molar-refractivity contribution in [2.45, 2.75) is 51.6 Å². The summed E-state index contributed by atoms with van der Waals surface area (Å²) in [6.07, 6.45) is 3.83. The Kier molecular flexibility index (Phi) is 3.13. The van der Waals surface area contributed by atoms with Crippen LogP contribution >= 0.6 is 0 Å². The molecule has 2 heteroatoms. The number of nitrogens with two attached hydrogens (primary N) is 1. The molecule has 0 saturated carbocycles. The molecule has 0 aromatic carbocycles. The molecule has 1 rings (SSSR count). The molecule has 1 atom stereocenters. The van der Waals surface area contributed by atoms with Crippen LogP contribution in [-0.4, -0.2) is 29.6 Å². The molecule has 0 spiro atoms. The summed E-state index contributed by atoms with van der Waals surface area (Å²) in [5, 5.41) is 0. The normalized spacial score (nSPS) is 26.5. The van der Waals surface area contributed by atoms with Crippen LogP contribution in [0.5, 0.6) is 0 Å². The summed E-state index contributed by atoms with van der Waals surface area (Å²) in [6.45, 7) is 8.96. The maximum atomic E-state index is 5.73. The molecule has 0 amide bonds. The second-order valence-corrected chi connectivity index (χ2v) is 4.39. The molecule has 1 aliphatic heterocycles. The van der Waals surface area contributed by atoms with E-state index in [1.54, 1.807) is 0 Å². The van der Waals surface area contributed by atoms with Gasteiger partial charge in [-0.05, 0) is 39.7 Å². The van der Waals surface area contributed by atoms with Gasteiger partial charge in [0.1, 0.15) is 0 Å². The van der Waals surface area contributed by atoms with Crippen LogP contribution in [0, 0.1) is 0 Å². The topological polar surface area (TPSA) is 29.3 Å². The van der Waals surface area contributed by atoms with Gasteiger partial charge in [-0.1, -0.05) is 6.92 Å². The van der Waals surface area contributed by atoms with Crippen LogP contribution < -0.4 is 5.73 Å². The minimum Gasteiger partial charge on any atom is -0.329 e. The third-order valence-corrected chi connectivity index (χ3v) is 3.29. The van der Waals surface area contributed by atoms with E-state index < -0.39 is 0 Å². The third-order valence-electron chi connectivity index (χ3n) is 3.29. The van der Waals surface area contributed by atoms with Gasteiger partial charge in [0.05, 0.1) is 0 Å². The van der Waals surface area contributed by atoms with Crippen molar-refractivity contribution in [3.63, 3.8) is 0 Å². The molecule has 0 bridgehead atoms. The van der Waals surface area contributed by atoms with E-state index >= 15 is 0 Å². The fourth-order valence-electron chi connectivity index (χ4n) is 2.08. The van der Waals surface area contributed by atoms with E-state index in [2.05, 4.69) is 25.7 Å². The molecule has 2 N–H and O–H groups in total. The second kappa shape index (κ2) is 3.75. The molecule has 0 aromatic rings. The smallest absolute Gasteiger partial charge is 0.0224 e. The third kappa shape index (κ3) is 1.80.